The van der Waals surface area contributed by atoms with Crippen molar-refractivity contribution in [2.45, 2.75) is 11.1 Å². The highest BCUT2D eigenvalue weighted by Gasteiger charge is 2.31. The van der Waals surface area contributed by atoms with Crippen molar-refractivity contribution in [1.82, 2.24) is 0 Å². The third-order valence-corrected chi connectivity index (χ3v) is 5.36. The zero-order chi connectivity index (χ0) is 19.7. The molecule has 0 aromatic heterocycles. The summed E-state index contributed by atoms with van der Waals surface area (Å²) in [5, 5.41) is -0.491. The molecule has 2 rings (SSSR count). The summed E-state index contributed by atoms with van der Waals surface area (Å²) in [5.74, 6) is -0.810. The van der Waals surface area contributed by atoms with E-state index < -0.39 is 38.3 Å². The van der Waals surface area contributed by atoms with Crippen molar-refractivity contribution in [2.24, 2.45) is 0 Å². The molecule has 1 N–H and O–H groups in total. The Morgan fingerprint density at radius 1 is 1.08 bits per heavy atom. The molecule has 0 heterocycles. The Kier molecular flexibility index (Phi) is 5.74. The van der Waals surface area contributed by atoms with Gasteiger partial charge in [0.2, 0.25) is 0 Å². The number of anilines is 1. The predicted octanol–water partition coefficient (Wildman–Crippen LogP) is 4.60. The van der Waals surface area contributed by atoms with Crippen LogP contribution in [0.5, 0.6) is 0 Å². The first-order valence-electron chi connectivity index (χ1n) is 6.73. The maximum Gasteiger partial charge on any atom is 0.416 e. The van der Waals surface area contributed by atoms with Crippen molar-refractivity contribution in [2.75, 3.05) is 11.8 Å². The lowest BCUT2D eigenvalue weighted by Crippen LogP contribution is -2.16. The monoisotopic (exact) mass is 427 g/mol. The molecule has 0 unspecified atom stereocenters. The quantitative estimate of drug-likeness (QED) is 0.723. The van der Waals surface area contributed by atoms with E-state index in [0.29, 0.717) is 12.1 Å². The van der Waals surface area contributed by atoms with Crippen LogP contribution in [0.15, 0.2) is 41.3 Å². The number of ether oxygens (including phenoxy) is 1. The van der Waals surface area contributed by atoms with Crippen LogP contribution in [0.2, 0.25) is 10.0 Å². The number of rotatable bonds is 4. The molecule has 11 heteroatoms. The van der Waals surface area contributed by atoms with E-state index in [-0.39, 0.29) is 15.6 Å². The molecule has 2 aromatic carbocycles. The number of hydrogen-bond donors (Lipinski definition) is 1. The van der Waals surface area contributed by atoms with Crippen molar-refractivity contribution in [1.29, 1.82) is 0 Å². The van der Waals surface area contributed by atoms with Gasteiger partial charge in [-0.15, -0.1) is 0 Å². The Hall–Kier alpha value is -1.97. The summed E-state index contributed by atoms with van der Waals surface area (Å²) in [5.41, 5.74) is -1.68. The van der Waals surface area contributed by atoms with E-state index in [1.807, 2.05) is 4.72 Å². The van der Waals surface area contributed by atoms with Gasteiger partial charge in [-0.25, -0.2) is 13.2 Å². The molecule has 0 radical (unpaired) electrons. The number of nitrogens with one attached hydrogen (secondary N) is 1. The standard InChI is InChI=1S/C15H10Cl2F3NO4S/c1-25-14(22)8-2-4-11(17)13(6-8)26(23,24)21-12-7-9(15(18,19)20)3-5-10(12)16/h2-7,21H,1H3. The second kappa shape index (κ2) is 7.34. The zero-order valence-corrected chi connectivity index (χ0v) is 15.2. The molecule has 0 aliphatic rings. The van der Waals surface area contributed by atoms with Crippen LogP contribution in [0.4, 0.5) is 18.9 Å². The molecule has 0 aliphatic heterocycles. The van der Waals surface area contributed by atoms with E-state index in [9.17, 15) is 26.4 Å². The minimum atomic E-state index is -4.69. The Bertz CT molecular complexity index is 962. The molecule has 140 valence electrons. The average molecular weight is 428 g/mol. The molecular weight excluding hydrogens is 418 g/mol. The SMILES string of the molecule is COC(=O)c1ccc(Cl)c(S(=O)(=O)Nc2cc(C(F)(F)F)ccc2Cl)c1. The van der Waals surface area contributed by atoms with Crippen LogP contribution in [0, 0.1) is 0 Å². The van der Waals surface area contributed by atoms with Crippen molar-refractivity contribution < 1.29 is 31.1 Å². The second-order valence-corrected chi connectivity index (χ2v) is 7.40. The Morgan fingerprint density at radius 2 is 1.69 bits per heavy atom. The number of esters is 1. The van der Waals surface area contributed by atoms with Crippen LogP contribution >= 0.6 is 23.2 Å². The lowest BCUT2D eigenvalue weighted by atomic mass is 10.2. The third-order valence-electron chi connectivity index (χ3n) is 3.18. The normalized spacial score (nSPS) is 11.9. The van der Waals surface area contributed by atoms with Crippen molar-refractivity contribution >= 4 is 44.9 Å². The lowest BCUT2D eigenvalue weighted by Gasteiger charge is -2.14. The molecular formula is C15H10Cl2F3NO4S. The van der Waals surface area contributed by atoms with Gasteiger partial charge in [0.25, 0.3) is 10.0 Å². The number of alkyl halides is 3. The largest absolute Gasteiger partial charge is 0.465 e. The molecule has 0 saturated heterocycles. The van der Waals surface area contributed by atoms with Crippen molar-refractivity contribution in [3.63, 3.8) is 0 Å². The van der Waals surface area contributed by atoms with Gasteiger partial charge in [-0.3, -0.25) is 4.72 Å². The van der Waals surface area contributed by atoms with Gasteiger partial charge in [0.05, 0.1) is 34.0 Å². The maximum atomic E-state index is 12.8. The third kappa shape index (κ3) is 4.40. The van der Waals surface area contributed by atoms with Gasteiger partial charge in [-0.1, -0.05) is 23.2 Å². The van der Waals surface area contributed by atoms with Crippen LogP contribution in [0.25, 0.3) is 0 Å². The summed E-state index contributed by atoms with van der Waals surface area (Å²) in [6.45, 7) is 0. The Morgan fingerprint density at radius 3 is 2.27 bits per heavy atom. The molecule has 0 spiro atoms. The minimum absolute atomic E-state index is 0.104. The van der Waals surface area contributed by atoms with Crippen molar-refractivity contribution in [3.05, 3.63) is 57.6 Å². The molecule has 0 bridgehead atoms. The first-order chi connectivity index (χ1) is 12.0. The van der Waals surface area contributed by atoms with Gasteiger partial charge in [0, 0.05) is 0 Å². The molecule has 0 fully saturated rings. The average Bonchev–Trinajstić information content (AvgIpc) is 2.55. The minimum Gasteiger partial charge on any atom is -0.465 e. The summed E-state index contributed by atoms with van der Waals surface area (Å²) in [6, 6.07) is 5.51. The highest BCUT2D eigenvalue weighted by Crippen LogP contribution is 2.35. The summed E-state index contributed by atoms with van der Waals surface area (Å²) in [7, 11) is -3.33. The highest BCUT2D eigenvalue weighted by molar-refractivity contribution is 7.92. The topological polar surface area (TPSA) is 72.5 Å². The smallest absolute Gasteiger partial charge is 0.416 e. The van der Waals surface area contributed by atoms with E-state index in [1.165, 1.54) is 6.07 Å². The number of carbonyl (C=O) groups excluding carboxylic acids is 1. The number of halogens is 5. The summed E-state index contributed by atoms with van der Waals surface area (Å²) >= 11 is 11.6. The predicted molar refractivity (Wildman–Crippen MR) is 90.1 cm³/mol. The van der Waals surface area contributed by atoms with Crippen LogP contribution in [0.3, 0.4) is 0 Å². The fourth-order valence-electron chi connectivity index (χ4n) is 1.93. The lowest BCUT2D eigenvalue weighted by molar-refractivity contribution is -0.137. The Balaban J connectivity index is 2.49. The molecule has 0 amide bonds. The van der Waals surface area contributed by atoms with Crippen LogP contribution < -0.4 is 4.72 Å². The molecule has 0 saturated carbocycles. The number of methoxy groups -OCH3 is 1. The summed E-state index contributed by atoms with van der Waals surface area (Å²) in [6.07, 6.45) is -4.69. The van der Waals surface area contributed by atoms with Crippen molar-refractivity contribution in [3.8, 4) is 0 Å². The Labute approximate surface area is 156 Å². The second-order valence-electron chi connectivity index (χ2n) is 4.93. The van der Waals surface area contributed by atoms with Gasteiger partial charge in [-0.05, 0) is 36.4 Å². The zero-order valence-electron chi connectivity index (χ0n) is 12.9. The highest BCUT2D eigenvalue weighted by atomic mass is 35.5. The number of benzene rings is 2. The molecule has 5 nitrogen and oxygen atoms in total. The molecule has 0 aliphatic carbocycles. The van der Waals surface area contributed by atoms with Crippen LogP contribution in [-0.4, -0.2) is 21.5 Å². The van der Waals surface area contributed by atoms with Gasteiger partial charge in [-0.2, -0.15) is 13.2 Å². The maximum absolute atomic E-state index is 12.8. The van der Waals surface area contributed by atoms with E-state index in [1.54, 1.807) is 0 Å². The summed E-state index contributed by atoms with van der Waals surface area (Å²) in [4.78, 5) is 11.0. The fourth-order valence-corrected chi connectivity index (χ4v) is 3.75. The van der Waals surface area contributed by atoms with Gasteiger partial charge >= 0.3 is 12.1 Å². The first kappa shape index (κ1) is 20.3. The van der Waals surface area contributed by atoms with Crippen LogP contribution in [0.1, 0.15) is 15.9 Å². The van der Waals surface area contributed by atoms with Crippen LogP contribution in [-0.2, 0) is 20.9 Å². The number of sulfonamides is 1. The van der Waals surface area contributed by atoms with E-state index in [4.69, 9.17) is 23.2 Å². The molecule has 2 aromatic rings. The van der Waals surface area contributed by atoms with Gasteiger partial charge < -0.3 is 4.74 Å². The first-order valence-corrected chi connectivity index (χ1v) is 8.97. The van der Waals surface area contributed by atoms with E-state index in [0.717, 1.165) is 25.3 Å². The molecule has 0 atom stereocenters. The molecule has 26 heavy (non-hydrogen) atoms. The number of hydrogen-bond acceptors (Lipinski definition) is 4. The number of carbonyl (C=O) groups is 1. The fraction of sp³-hybridized carbons (Fsp3) is 0.133. The summed E-state index contributed by atoms with van der Waals surface area (Å²) < 4.78 is 69.9. The van der Waals surface area contributed by atoms with Gasteiger partial charge in [0.1, 0.15) is 4.90 Å². The van der Waals surface area contributed by atoms with Gasteiger partial charge in [0.15, 0.2) is 0 Å². The van der Waals surface area contributed by atoms with E-state index in [2.05, 4.69) is 4.74 Å². The van der Waals surface area contributed by atoms with E-state index >= 15 is 0 Å².